The molecule has 126 valence electrons. The first-order valence-electron chi connectivity index (χ1n) is 7.93. The van der Waals surface area contributed by atoms with Gasteiger partial charge in [0, 0.05) is 29.6 Å². The molecule has 6 heteroatoms. The summed E-state index contributed by atoms with van der Waals surface area (Å²) >= 11 is 0. The first kappa shape index (κ1) is 20.0. The summed E-state index contributed by atoms with van der Waals surface area (Å²) in [5.41, 5.74) is 2.60. The molecule has 0 saturated carbocycles. The molecule has 1 aromatic heterocycles. The topological polar surface area (TPSA) is 85.0 Å². The average Bonchev–Trinajstić information content (AvgIpc) is 3.03. The summed E-state index contributed by atoms with van der Waals surface area (Å²) in [6, 6.07) is 15.8. The third kappa shape index (κ3) is 5.08. The summed E-state index contributed by atoms with van der Waals surface area (Å²) < 4.78 is 0. The van der Waals surface area contributed by atoms with Crippen LogP contribution in [0.2, 0.25) is 0 Å². The molecule has 2 N–H and O–H groups in total. The monoisotopic (exact) mass is 356 g/mol. The molecule has 0 bridgehead atoms. The van der Waals surface area contributed by atoms with Crippen LogP contribution in [0.5, 0.6) is 0 Å². The minimum absolute atomic E-state index is 0. The number of carbonyl (C=O) groups excluding carboxylic acids is 2. The zero-order chi connectivity index (χ0) is 17.6. The molecular formula is C20H17N2NaO3. The van der Waals surface area contributed by atoms with Gasteiger partial charge in [-0.3, -0.25) is 4.79 Å². The van der Waals surface area contributed by atoms with Gasteiger partial charge in [0.1, 0.15) is 0 Å². The molecule has 0 saturated heterocycles. The molecule has 0 fully saturated rings. The Kier molecular flexibility index (Phi) is 7.21. The van der Waals surface area contributed by atoms with E-state index in [9.17, 15) is 14.7 Å². The number of benzene rings is 2. The second kappa shape index (κ2) is 9.38. The summed E-state index contributed by atoms with van der Waals surface area (Å²) in [6.07, 6.45) is 4.86. The number of fused-ring (bicyclic) bond motifs is 1. The molecule has 26 heavy (non-hydrogen) atoms. The SMILES string of the molecule is O=C(C=Cc1ccccc1)N[C@@H](Cc1c[nH]c2ccccc12)C(=O)[O-].[Na+]. The van der Waals surface area contributed by atoms with Crippen LogP contribution in [0.1, 0.15) is 11.1 Å². The number of aromatic amines is 1. The Morgan fingerprint density at radius 1 is 1.08 bits per heavy atom. The molecular weight excluding hydrogens is 339 g/mol. The van der Waals surface area contributed by atoms with Gasteiger partial charge in [-0.2, -0.15) is 0 Å². The van der Waals surface area contributed by atoms with Crippen LogP contribution in [-0.4, -0.2) is 22.9 Å². The average molecular weight is 356 g/mol. The Balaban J connectivity index is 0.00000243. The van der Waals surface area contributed by atoms with E-state index in [1.165, 1.54) is 6.08 Å². The Labute approximate surface area is 173 Å². The summed E-state index contributed by atoms with van der Waals surface area (Å²) in [6.45, 7) is 0. The van der Waals surface area contributed by atoms with E-state index in [1.807, 2.05) is 54.6 Å². The van der Waals surface area contributed by atoms with Crippen molar-refractivity contribution in [2.24, 2.45) is 0 Å². The van der Waals surface area contributed by atoms with Crippen LogP contribution in [0.25, 0.3) is 17.0 Å². The fraction of sp³-hybridized carbons (Fsp3) is 0.100. The van der Waals surface area contributed by atoms with Gasteiger partial charge in [0.05, 0.1) is 12.0 Å². The minimum Gasteiger partial charge on any atom is -0.548 e. The molecule has 0 aliphatic rings. The molecule has 3 rings (SSSR count). The Bertz CT molecular complexity index is 919. The Hall–Kier alpha value is -2.34. The maximum Gasteiger partial charge on any atom is 1.00 e. The third-order valence-corrected chi connectivity index (χ3v) is 3.93. The number of H-pyrrole nitrogens is 1. The van der Waals surface area contributed by atoms with Crippen molar-refractivity contribution in [2.75, 3.05) is 0 Å². The van der Waals surface area contributed by atoms with E-state index in [-0.39, 0.29) is 36.0 Å². The molecule has 2 aromatic carbocycles. The van der Waals surface area contributed by atoms with Gasteiger partial charge in [0.2, 0.25) is 5.91 Å². The van der Waals surface area contributed by atoms with Gasteiger partial charge < -0.3 is 20.2 Å². The molecule has 0 radical (unpaired) electrons. The number of carbonyl (C=O) groups is 2. The van der Waals surface area contributed by atoms with Crippen molar-refractivity contribution in [3.05, 3.63) is 78.0 Å². The van der Waals surface area contributed by atoms with Gasteiger partial charge in [-0.15, -0.1) is 0 Å². The maximum atomic E-state index is 12.0. The zero-order valence-corrected chi connectivity index (χ0v) is 16.4. The third-order valence-electron chi connectivity index (χ3n) is 3.93. The maximum absolute atomic E-state index is 12.0. The largest absolute Gasteiger partial charge is 1.00 e. The number of aliphatic carboxylic acids is 1. The van der Waals surface area contributed by atoms with Gasteiger partial charge in [0.15, 0.2) is 0 Å². The summed E-state index contributed by atoms with van der Waals surface area (Å²) in [7, 11) is 0. The normalized spacial score (nSPS) is 11.8. The number of hydrogen-bond acceptors (Lipinski definition) is 3. The van der Waals surface area contributed by atoms with Crippen molar-refractivity contribution >= 4 is 28.9 Å². The molecule has 0 aliphatic carbocycles. The van der Waals surface area contributed by atoms with E-state index >= 15 is 0 Å². The molecule has 5 nitrogen and oxygen atoms in total. The van der Waals surface area contributed by atoms with Gasteiger partial charge in [0.25, 0.3) is 0 Å². The van der Waals surface area contributed by atoms with Crippen LogP contribution in [0, 0.1) is 0 Å². The van der Waals surface area contributed by atoms with Crippen molar-refractivity contribution in [1.29, 1.82) is 0 Å². The fourth-order valence-electron chi connectivity index (χ4n) is 2.67. The first-order valence-corrected chi connectivity index (χ1v) is 7.93. The first-order chi connectivity index (χ1) is 12.1. The van der Waals surface area contributed by atoms with Crippen molar-refractivity contribution in [3.8, 4) is 0 Å². The van der Waals surface area contributed by atoms with Gasteiger partial charge in [-0.1, -0.05) is 48.5 Å². The standard InChI is InChI=1S/C20H18N2O3.Na/c23-19(11-10-14-6-2-1-3-7-14)22-18(20(24)25)12-15-13-21-17-9-5-4-8-16(15)17;/h1-11,13,18,21H,12H2,(H,22,23)(H,24,25);/q;+1/p-1/t18-;/m0./s1. The Morgan fingerprint density at radius 3 is 2.50 bits per heavy atom. The molecule has 0 unspecified atom stereocenters. The van der Waals surface area contributed by atoms with Crippen LogP contribution in [0.15, 0.2) is 66.9 Å². The van der Waals surface area contributed by atoms with E-state index in [2.05, 4.69) is 10.3 Å². The summed E-state index contributed by atoms with van der Waals surface area (Å²) in [5.74, 6) is -1.79. The number of hydrogen-bond donors (Lipinski definition) is 2. The van der Waals surface area contributed by atoms with Crippen molar-refractivity contribution in [1.82, 2.24) is 10.3 Å². The van der Waals surface area contributed by atoms with Crippen LogP contribution in [0.4, 0.5) is 0 Å². The second-order valence-electron chi connectivity index (χ2n) is 5.69. The fourth-order valence-corrected chi connectivity index (χ4v) is 2.67. The van der Waals surface area contributed by atoms with Gasteiger partial charge in [-0.25, -0.2) is 0 Å². The van der Waals surface area contributed by atoms with Crippen molar-refractivity contribution in [2.45, 2.75) is 12.5 Å². The predicted octanol–water partition coefficient (Wildman–Crippen LogP) is -1.34. The molecule has 1 amide bonds. The van der Waals surface area contributed by atoms with Crippen LogP contribution in [-0.2, 0) is 16.0 Å². The molecule has 0 spiro atoms. The smallest absolute Gasteiger partial charge is 0.548 e. The molecule has 3 aromatic rings. The number of aromatic nitrogens is 1. The number of carboxylic acid groups (broad SMARTS) is 1. The van der Waals surface area contributed by atoms with Crippen LogP contribution in [0.3, 0.4) is 0 Å². The van der Waals surface area contributed by atoms with Crippen molar-refractivity contribution in [3.63, 3.8) is 0 Å². The van der Waals surface area contributed by atoms with Gasteiger partial charge in [-0.05, 0) is 23.3 Å². The Morgan fingerprint density at radius 2 is 1.77 bits per heavy atom. The van der Waals surface area contributed by atoms with Crippen molar-refractivity contribution < 1.29 is 44.3 Å². The number of para-hydroxylation sites is 1. The van der Waals surface area contributed by atoms with E-state index in [0.29, 0.717) is 0 Å². The van der Waals surface area contributed by atoms with Crippen LogP contribution >= 0.6 is 0 Å². The molecule has 1 atom stereocenters. The van der Waals surface area contributed by atoms with E-state index < -0.39 is 17.9 Å². The van der Waals surface area contributed by atoms with Crippen LogP contribution < -0.4 is 40.0 Å². The second-order valence-corrected chi connectivity index (χ2v) is 5.69. The molecule has 0 aliphatic heterocycles. The quantitative estimate of drug-likeness (QED) is 0.424. The van der Waals surface area contributed by atoms with E-state index in [1.54, 1.807) is 12.3 Å². The van der Waals surface area contributed by atoms with E-state index in [0.717, 1.165) is 22.0 Å². The minimum atomic E-state index is -1.31. The number of amides is 1. The number of carboxylic acids is 1. The zero-order valence-electron chi connectivity index (χ0n) is 14.4. The molecule has 1 heterocycles. The predicted molar refractivity (Wildman–Crippen MR) is 94.4 cm³/mol. The summed E-state index contributed by atoms with van der Waals surface area (Å²) in [5, 5.41) is 14.8. The summed E-state index contributed by atoms with van der Waals surface area (Å²) in [4.78, 5) is 26.5. The number of nitrogens with one attached hydrogen (secondary N) is 2. The van der Waals surface area contributed by atoms with E-state index in [4.69, 9.17) is 0 Å². The number of rotatable bonds is 6. The van der Waals surface area contributed by atoms with Gasteiger partial charge >= 0.3 is 29.6 Å².